The van der Waals surface area contributed by atoms with E-state index >= 15 is 0 Å². The number of hydrogen-bond acceptors (Lipinski definition) is 4. The van der Waals surface area contributed by atoms with Crippen LogP contribution in [-0.2, 0) is 11.3 Å². The van der Waals surface area contributed by atoms with Crippen molar-refractivity contribution in [2.75, 3.05) is 5.32 Å². The maximum absolute atomic E-state index is 12.2. The van der Waals surface area contributed by atoms with Crippen molar-refractivity contribution < 1.29 is 4.79 Å². The van der Waals surface area contributed by atoms with Crippen LogP contribution in [0.2, 0.25) is 5.02 Å². The molecule has 0 aliphatic rings. The van der Waals surface area contributed by atoms with Crippen molar-refractivity contribution in [3.63, 3.8) is 0 Å². The van der Waals surface area contributed by atoms with E-state index in [1.807, 2.05) is 38.1 Å². The molecule has 1 aromatic heterocycles. The molecule has 0 aliphatic carbocycles. The minimum Gasteiger partial charge on any atom is -0.324 e. The Morgan fingerprint density at radius 1 is 1.15 bits per heavy atom. The van der Waals surface area contributed by atoms with Gasteiger partial charge in [-0.25, -0.2) is 9.48 Å². The van der Waals surface area contributed by atoms with Crippen molar-refractivity contribution in [3.8, 4) is 11.3 Å². The van der Waals surface area contributed by atoms with E-state index in [0.717, 1.165) is 21.4 Å². The molecule has 2 aromatic carbocycles. The van der Waals surface area contributed by atoms with Gasteiger partial charge in [-0.15, -0.1) is 0 Å². The van der Waals surface area contributed by atoms with Gasteiger partial charge >= 0.3 is 5.69 Å². The zero-order chi connectivity index (χ0) is 18.7. The third kappa shape index (κ3) is 4.15. The maximum Gasteiger partial charge on any atom is 0.365 e. The Bertz CT molecular complexity index is 1010. The average molecular weight is 369 g/mol. The van der Waals surface area contributed by atoms with Gasteiger partial charge in [-0.1, -0.05) is 41.4 Å². The van der Waals surface area contributed by atoms with Crippen molar-refractivity contribution in [1.82, 2.24) is 14.8 Å². The molecule has 1 amide bonds. The van der Waals surface area contributed by atoms with Crippen LogP contribution in [0.4, 0.5) is 5.69 Å². The molecule has 0 bridgehead atoms. The standard InChI is InChI=1S/C19H17ClN4O2/c1-12-3-5-14(6-4-12)17-10-21-24(19(26)23-17)11-18(25)22-16-8-7-15(20)9-13(16)2/h3-10H,11H2,1-2H3,(H,22,25). The highest BCUT2D eigenvalue weighted by atomic mass is 35.5. The monoisotopic (exact) mass is 368 g/mol. The molecule has 0 atom stereocenters. The molecule has 3 aromatic rings. The maximum atomic E-state index is 12.2. The Morgan fingerprint density at radius 3 is 2.54 bits per heavy atom. The minimum absolute atomic E-state index is 0.220. The molecule has 0 saturated carbocycles. The second-order valence-electron chi connectivity index (χ2n) is 5.96. The van der Waals surface area contributed by atoms with E-state index in [4.69, 9.17) is 11.6 Å². The fraction of sp³-hybridized carbons (Fsp3) is 0.158. The van der Waals surface area contributed by atoms with E-state index in [0.29, 0.717) is 16.4 Å². The van der Waals surface area contributed by atoms with E-state index in [1.54, 1.807) is 18.2 Å². The quantitative estimate of drug-likeness (QED) is 0.767. The van der Waals surface area contributed by atoms with Gasteiger partial charge in [0.1, 0.15) is 6.54 Å². The van der Waals surface area contributed by atoms with Crippen LogP contribution in [0.3, 0.4) is 0 Å². The molecule has 26 heavy (non-hydrogen) atoms. The zero-order valence-electron chi connectivity index (χ0n) is 14.4. The molecule has 7 heteroatoms. The second-order valence-corrected chi connectivity index (χ2v) is 6.39. The number of nitrogens with zero attached hydrogens (tertiary/aromatic N) is 3. The van der Waals surface area contributed by atoms with Gasteiger partial charge in [0.05, 0.1) is 11.9 Å². The van der Waals surface area contributed by atoms with Crippen molar-refractivity contribution in [2.45, 2.75) is 20.4 Å². The predicted octanol–water partition coefficient (Wildman–Crippen LogP) is 3.21. The third-order valence-corrected chi connectivity index (χ3v) is 4.09. The molecule has 0 radical (unpaired) electrons. The van der Waals surface area contributed by atoms with Crippen LogP contribution in [-0.4, -0.2) is 20.7 Å². The fourth-order valence-electron chi connectivity index (χ4n) is 2.43. The lowest BCUT2D eigenvalue weighted by Crippen LogP contribution is -2.31. The number of halogens is 1. The molecule has 6 nitrogen and oxygen atoms in total. The average Bonchev–Trinajstić information content (AvgIpc) is 2.60. The van der Waals surface area contributed by atoms with Crippen LogP contribution in [0.5, 0.6) is 0 Å². The van der Waals surface area contributed by atoms with Gasteiger partial charge in [0.15, 0.2) is 0 Å². The number of anilines is 1. The van der Waals surface area contributed by atoms with Crippen molar-refractivity contribution >= 4 is 23.2 Å². The van der Waals surface area contributed by atoms with Gasteiger partial charge in [0, 0.05) is 16.3 Å². The summed E-state index contributed by atoms with van der Waals surface area (Å²) >= 11 is 5.90. The first-order chi connectivity index (χ1) is 12.4. The number of aryl methyl sites for hydroxylation is 2. The summed E-state index contributed by atoms with van der Waals surface area (Å²) in [4.78, 5) is 28.4. The Morgan fingerprint density at radius 2 is 1.88 bits per heavy atom. The SMILES string of the molecule is Cc1ccc(-c2cnn(CC(=O)Nc3ccc(Cl)cc3C)c(=O)n2)cc1. The molecule has 0 aliphatic heterocycles. The van der Waals surface area contributed by atoms with Gasteiger partial charge in [0.25, 0.3) is 0 Å². The summed E-state index contributed by atoms with van der Waals surface area (Å²) in [5.74, 6) is -0.366. The number of benzene rings is 2. The highest BCUT2D eigenvalue weighted by Gasteiger charge is 2.10. The molecule has 0 saturated heterocycles. The predicted molar refractivity (Wildman–Crippen MR) is 101 cm³/mol. The first-order valence-electron chi connectivity index (χ1n) is 7.99. The summed E-state index contributed by atoms with van der Waals surface area (Å²) < 4.78 is 1.03. The molecule has 1 N–H and O–H groups in total. The van der Waals surface area contributed by atoms with Gasteiger partial charge in [0.2, 0.25) is 5.91 Å². The van der Waals surface area contributed by atoms with Gasteiger partial charge in [-0.3, -0.25) is 4.79 Å². The van der Waals surface area contributed by atoms with Crippen molar-refractivity contribution in [2.24, 2.45) is 0 Å². The van der Waals surface area contributed by atoms with E-state index in [2.05, 4.69) is 15.4 Å². The number of hydrogen-bond donors (Lipinski definition) is 1. The van der Waals surface area contributed by atoms with E-state index in [1.165, 1.54) is 6.20 Å². The largest absolute Gasteiger partial charge is 0.365 e. The smallest absolute Gasteiger partial charge is 0.324 e. The Kier molecular flexibility index (Phi) is 5.14. The molecule has 132 valence electrons. The van der Waals surface area contributed by atoms with E-state index in [-0.39, 0.29) is 12.5 Å². The lowest BCUT2D eigenvalue weighted by atomic mass is 10.1. The van der Waals surface area contributed by atoms with Crippen LogP contribution in [0.1, 0.15) is 11.1 Å². The number of aromatic nitrogens is 3. The van der Waals surface area contributed by atoms with Gasteiger partial charge in [-0.2, -0.15) is 10.1 Å². The third-order valence-electron chi connectivity index (χ3n) is 3.86. The Balaban J connectivity index is 1.74. The Labute approximate surface area is 155 Å². The first kappa shape index (κ1) is 17.8. The minimum atomic E-state index is -0.578. The van der Waals surface area contributed by atoms with E-state index in [9.17, 15) is 9.59 Å². The van der Waals surface area contributed by atoms with E-state index < -0.39 is 5.69 Å². The molecular formula is C19H17ClN4O2. The lowest BCUT2D eigenvalue weighted by molar-refractivity contribution is -0.117. The number of amides is 1. The molecule has 3 rings (SSSR count). The topological polar surface area (TPSA) is 76.9 Å². The molecule has 0 spiro atoms. The van der Waals surface area contributed by atoms with Crippen LogP contribution >= 0.6 is 11.6 Å². The second kappa shape index (κ2) is 7.49. The summed E-state index contributed by atoms with van der Waals surface area (Å²) in [5.41, 5.74) is 3.28. The van der Waals surface area contributed by atoms with Crippen LogP contribution in [0.15, 0.2) is 53.5 Å². The summed E-state index contributed by atoms with van der Waals surface area (Å²) in [6.07, 6.45) is 1.48. The summed E-state index contributed by atoms with van der Waals surface area (Å²) in [5, 5.41) is 7.39. The molecule has 0 fully saturated rings. The fourth-order valence-corrected chi connectivity index (χ4v) is 2.66. The van der Waals surface area contributed by atoms with Crippen molar-refractivity contribution in [3.05, 3.63) is 75.3 Å². The summed E-state index contributed by atoms with van der Waals surface area (Å²) in [6.45, 7) is 3.60. The number of rotatable bonds is 4. The highest BCUT2D eigenvalue weighted by molar-refractivity contribution is 6.30. The van der Waals surface area contributed by atoms with Gasteiger partial charge in [-0.05, 0) is 37.6 Å². The summed E-state index contributed by atoms with van der Waals surface area (Å²) in [6, 6.07) is 12.8. The summed E-state index contributed by atoms with van der Waals surface area (Å²) in [7, 11) is 0. The van der Waals surface area contributed by atoms with Crippen molar-refractivity contribution in [1.29, 1.82) is 0 Å². The first-order valence-corrected chi connectivity index (χ1v) is 8.37. The lowest BCUT2D eigenvalue weighted by Gasteiger charge is -2.09. The van der Waals surface area contributed by atoms with Crippen LogP contribution in [0.25, 0.3) is 11.3 Å². The highest BCUT2D eigenvalue weighted by Crippen LogP contribution is 2.19. The molecule has 1 heterocycles. The number of carbonyl (C=O) groups is 1. The Hall–Kier alpha value is -2.99. The van der Waals surface area contributed by atoms with Crippen LogP contribution in [0, 0.1) is 13.8 Å². The molecule has 0 unspecified atom stereocenters. The normalized spacial score (nSPS) is 10.6. The van der Waals surface area contributed by atoms with Gasteiger partial charge < -0.3 is 5.32 Å². The number of nitrogens with one attached hydrogen (secondary N) is 1. The molecular weight excluding hydrogens is 352 g/mol. The number of carbonyl (C=O) groups excluding carboxylic acids is 1. The zero-order valence-corrected chi connectivity index (χ0v) is 15.1. The van der Waals surface area contributed by atoms with Crippen LogP contribution < -0.4 is 11.0 Å².